The molecule has 0 aromatic heterocycles. The molecule has 0 spiro atoms. The summed E-state index contributed by atoms with van der Waals surface area (Å²) < 4.78 is 0. The van der Waals surface area contributed by atoms with Crippen molar-refractivity contribution in [3.05, 3.63) is 23.8 Å². The van der Waals surface area contributed by atoms with Crippen LogP contribution < -0.4 is 10.4 Å². The Kier molecular flexibility index (Phi) is 2.94. The summed E-state index contributed by atoms with van der Waals surface area (Å²) in [6, 6.07) is 5.32. The fraction of sp³-hybridized carbons (Fsp3) is 0.400. The highest BCUT2D eigenvalue weighted by Crippen LogP contribution is 2.29. The molecular weight excluding hydrogens is 183 g/mol. The van der Waals surface area contributed by atoms with Gasteiger partial charge in [0, 0.05) is 8.81 Å². The lowest BCUT2D eigenvalue weighted by Gasteiger charge is -2.27. The highest BCUT2D eigenvalue weighted by atomic mass is 31.1. The average Bonchev–Trinajstić information content (AvgIpc) is 2.02. The monoisotopic (exact) mass is 197 g/mol. The van der Waals surface area contributed by atoms with Crippen LogP contribution in [-0.2, 0) is 5.41 Å². The summed E-state index contributed by atoms with van der Waals surface area (Å²) >= 11 is 0. The topological polar surface area (TPSA) is 43.3 Å². The fourth-order valence-electron chi connectivity index (χ4n) is 1.22. The van der Waals surface area contributed by atoms with E-state index in [-0.39, 0.29) is 11.2 Å². The van der Waals surface area contributed by atoms with Gasteiger partial charge in [-0.05, 0) is 16.3 Å². The Hall–Kier alpha value is -0.590. The molecule has 1 atom stereocenters. The Bertz CT molecular complexity index is 302. The van der Waals surface area contributed by atoms with Crippen LogP contribution in [0.5, 0.6) is 5.75 Å². The molecule has 1 aromatic rings. The second-order valence-electron chi connectivity index (χ2n) is 4.04. The Balaban J connectivity index is 3.24. The van der Waals surface area contributed by atoms with Gasteiger partial charge in [0.05, 0.1) is 0 Å². The smallest absolute Gasteiger partial charge is 0.0413 e. The summed E-state index contributed by atoms with van der Waals surface area (Å²) in [6.45, 7) is 5.98. The van der Waals surface area contributed by atoms with Crippen LogP contribution in [0.4, 0.5) is 0 Å². The van der Waals surface area contributed by atoms with Crippen molar-refractivity contribution in [3.63, 3.8) is 0 Å². The summed E-state index contributed by atoms with van der Waals surface area (Å²) in [5, 5.41) is 12.2. The van der Waals surface area contributed by atoms with Gasteiger partial charge in [0.1, 0.15) is 0 Å². The molecule has 1 unspecified atom stereocenters. The second-order valence-corrected chi connectivity index (χ2v) is 4.81. The van der Waals surface area contributed by atoms with Crippen molar-refractivity contribution in [1.82, 2.24) is 0 Å². The standard InChI is InChI=1S/C10H15O2P/c1-10(2,3)7-5-4-6-8(13-12)9(7)11/h4-6,11-13H,1-3H3/p-1. The minimum absolute atomic E-state index is 0.0177. The molecule has 2 nitrogen and oxygen atoms in total. The van der Waals surface area contributed by atoms with E-state index in [1.165, 1.54) is 0 Å². The van der Waals surface area contributed by atoms with Crippen LogP contribution in [0, 0.1) is 0 Å². The highest BCUT2D eigenvalue weighted by Gasteiger charge is 2.14. The molecular formula is C10H14O2P-. The van der Waals surface area contributed by atoms with Crippen LogP contribution in [0.15, 0.2) is 18.2 Å². The number of hydrogen-bond acceptors (Lipinski definition) is 2. The van der Waals surface area contributed by atoms with Crippen molar-refractivity contribution in [2.45, 2.75) is 26.2 Å². The van der Waals surface area contributed by atoms with Crippen molar-refractivity contribution < 1.29 is 10.00 Å². The van der Waals surface area contributed by atoms with Crippen LogP contribution in [0.2, 0.25) is 0 Å². The van der Waals surface area contributed by atoms with Gasteiger partial charge in [0.15, 0.2) is 0 Å². The number of para-hydroxylation sites is 1. The van der Waals surface area contributed by atoms with Crippen molar-refractivity contribution in [3.8, 4) is 5.75 Å². The van der Waals surface area contributed by atoms with E-state index in [9.17, 15) is 5.11 Å². The first-order valence-corrected chi connectivity index (χ1v) is 5.12. The van der Waals surface area contributed by atoms with Gasteiger partial charge in [-0.3, -0.25) is 0 Å². The van der Waals surface area contributed by atoms with Crippen LogP contribution in [0.1, 0.15) is 26.3 Å². The molecule has 3 heteroatoms. The van der Waals surface area contributed by atoms with Gasteiger partial charge in [-0.1, -0.05) is 44.7 Å². The molecule has 0 radical (unpaired) electrons. The predicted molar refractivity (Wildman–Crippen MR) is 54.8 cm³/mol. The van der Waals surface area contributed by atoms with E-state index in [0.717, 1.165) is 5.56 Å². The lowest BCUT2D eigenvalue weighted by molar-refractivity contribution is -0.268. The Labute approximate surface area is 80.5 Å². The third-order valence-corrected chi connectivity index (χ3v) is 2.58. The minimum atomic E-state index is -0.408. The summed E-state index contributed by atoms with van der Waals surface area (Å²) in [4.78, 5) is 8.94. The zero-order chi connectivity index (χ0) is 10.1. The van der Waals surface area contributed by atoms with Gasteiger partial charge >= 0.3 is 0 Å². The number of benzene rings is 1. The molecule has 0 heterocycles. The molecule has 0 aliphatic heterocycles. The molecule has 0 amide bonds. The number of rotatable bonds is 1. The van der Waals surface area contributed by atoms with Crippen LogP contribution in [-0.4, -0.2) is 4.89 Å². The molecule has 72 valence electrons. The van der Waals surface area contributed by atoms with Gasteiger partial charge in [0.25, 0.3) is 0 Å². The maximum absolute atomic E-state index is 11.7. The summed E-state index contributed by atoms with van der Waals surface area (Å²) in [5.41, 5.74) is 0.624. The fourth-order valence-corrected chi connectivity index (χ4v) is 1.62. The SMILES string of the molecule is CC(C)(C)c1cccc(PO)c1[O-]. The van der Waals surface area contributed by atoms with Crippen molar-refractivity contribution in [2.24, 2.45) is 0 Å². The maximum Gasteiger partial charge on any atom is 0.0413 e. The molecule has 0 aliphatic carbocycles. The van der Waals surface area contributed by atoms with E-state index >= 15 is 0 Å². The summed E-state index contributed by atoms with van der Waals surface area (Å²) in [7, 11) is -0.408. The molecule has 0 saturated carbocycles. The van der Waals surface area contributed by atoms with E-state index in [1.807, 2.05) is 32.9 Å². The predicted octanol–water partition coefficient (Wildman–Crippen LogP) is 1.27. The molecule has 13 heavy (non-hydrogen) atoms. The van der Waals surface area contributed by atoms with Crippen molar-refractivity contribution in [2.75, 3.05) is 0 Å². The van der Waals surface area contributed by atoms with Crippen molar-refractivity contribution in [1.29, 1.82) is 0 Å². The molecule has 0 bridgehead atoms. The van der Waals surface area contributed by atoms with E-state index < -0.39 is 8.81 Å². The largest absolute Gasteiger partial charge is 0.872 e. The third-order valence-electron chi connectivity index (χ3n) is 1.94. The Morgan fingerprint density at radius 1 is 1.31 bits per heavy atom. The molecule has 1 N–H and O–H groups in total. The zero-order valence-electron chi connectivity index (χ0n) is 8.09. The minimum Gasteiger partial charge on any atom is -0.872 e. The molecule has 1 aromatic carbocycles. The first-order chi connectivity index (χ1) is 5.96. The van der Waals surface area contributed by atoms with E-state index in [2.05, 4.69) is 0 Å². The quantitative estimate of drug-likeness (QED) is 0.689. The van der Waals surface area contributed by atoms with Gasteiger partial charge in [-0.2, -0.15) is 0 Å². The molecule has 0 saturated heterocycles. The third kappa shape index (κ3) is 2.20. The molecule has 0 aliphatic rings. The molecule has 0 fully saturated rings. The summed E-state index contributed by atoms with van der Waals surface area (Å²) in [6.07, 6.45) is 0. The zero-order valence-corrected chi connectivity index (χ0v) is 9.09. The first-order valence-electron chi connectivity index (χ1n) is 4.17. The van der Waals surface area contributed by atoms with Gasteiger partial charge < -0.3 is 10.00 Å². The molecule has 1 rings (SSSR count). The Morgan fingerprint density at radius 2 is 1.92 bits per heavy atom. The highest BCUT2D eigenvalue weighted by molar-refractivity contribution is 7.41. The second kappa shape index (κ2) is 3.65. The lowest BCUT2D eigenvalue weighted by atomic mass is 9.86. The van der Waals surface area contributed by atoms with E-state index in [1.54, 1.807) is 6.07 Å². The van der Waals surface area contributed by atoms with E-state index in [4.69, 9.17) is 4.89 Å². The summed E-state index contributed by atoms with van der Waals surface area (Å²) in [5.74, 6) is -0.0177. The van der Waals surface area contributed by atoms with Crippen LogP contribution in [0.3, 0.4) is 0 Å². The van der Waals surface area contributed by atoms with Gasteiger partial charge in [-0.15, -0.1) is 0 Å². The van der Waals surface area contributed by atoms with Crippen LogP contribution >= 0.6 is 8.81 Å². The maximum atomic E-state index is 11.7. The van der Waals surface area contributed by atoms with Crippen molar-refractivity contribution >= 4 is 14.1 Å². The van der Waals surface area contributed by atoms with Gasteiger partial charge in [-0.25, -0.2) is 0 Å². The van der Waals surface area contributed by atoms with Crippen LogP contribution in [0.25, 0.3) is 0 Å². The first kappa shape index (κ1) is 10.5. The number of hydrogen-bond donors (Lipinski definition) is 1. The average molecular weight is 197 g/mol. The Morgan fingerprint density at radius 3 is 2.38 bits per heavy atom. The van der Waals surface area contributed by atoms with E-state index in [0.29, 0.717) is 5.30 Å². The normalized spacial score (nSPS) is 12.6. The lowest BCUT2D eigenvalue weighted by Crippen LogP contribution is -2.18. The van der Waals surface area contributed by atoms with Gasteiger partial charge in [0.2, 0.25) is 0 Å².